The van der Waals surface area contributed by atoms with Crippen molar-refractivity contribution in [3.63, 3.8) is 0 Å². The van der Waals surface area contributed by atoms with E-state index in [4.69, 9.17) is 4.74 Å². The van der Waals surface area contributed by atoms with Gasteiger partial charge in [-0.15, -0.1) is 0 Å². The maximum Gasteiger partial charge on any atom is 0.408 e. The molecule has 0 atom stereocenters. The normalized spacial score (nSPS) is 9.75. The van der Waals surface area contributed by atoms with Crippen LogP contribution in [0.2, 0.25) is 0 Å². The van der Waals surface area contributed by atoms with Crippen LogP contribution < -0.4 is 5.32 Å². The molecule has 1 aromatic carbocycles. The van der Waals surface area contributed by atoms with Gasteiger partial charge in [-0.05, 0) is 57.3 Å². The van der Waals surface area contributed by atoms with E-state index in [-0.39, 0.29) is 6.54 Å². The minimum absolute atomic E-state index is 0.231. The monoisotopic (exact) mass is 288 g/mol. The number of alkyl carbamates (subject to hydrolysis) is 1. The zero-order valence-electron chi connectivity index (χ0n) is 11.7. The molecule has 0 spiro atoms. The number of benzene rings is 1. The Morgan fingerprint density at radius 1 is 1.35 bits per heavy atom. The molecule has 0 radical (unpaired) electrons. The number of hydrogen-bond acceptors (Lipinski definition) is 4. The Labute approximate surface area is 124 Å². The molecule has 0 aliphatic heterocycles. The van der Waals surface area contributed by atoms with Gasteiger partial charge < -0.3 is 10.1 Å². The Morgan fingerprint density at radius 2 is 2.00 bits per heavy atom. The van der Waals surface area contributed by atoms with E-state index in [9.17, 15) is 4.79 Å². The quantitative estimate of drug-likeness (QED) is 0.516. The van der Waals surface area contributed by atoms with Crippen molar-refractivity contribution >= 4 is 29.2 Å². The zero-order chi connectivity index (χ0) is 15.0. The third-order valence-electron chi connectivity index (χ3n) is 1.99. The summed E-state index contributed by atoms with van der Waals surface area (Å²) in [5.74, 6) is 5.76. The predicted octanol–water partition coefficient (Wildman–Crippen LogP) is 3.30. The second kappa shape index (κ2) is 7.44. The molecular formula is C15H16N2O2S. The van der Waals surface area contributed by atoms with Crippen molar-refractivity contribution in [1.29, 1.82) is 0 Å². The Balaban J connectivity index is 2.46. The molecule has 20 heavy (non-hydrogen) atoms. The number of hydrogen-bond donors (Lipinski definition) is 1. The molecule has 0 aliphatic carbocycles. The summed E-state index contributed by atoms with van der Waals surface area (Å²) < 4.78 is 5.09. The van der Waals surface area contributed by atoms with Gasteiger partial charge in [0.15, 0.2) is 0 Å². The van der Waals surface area contributed by atoms with Crippen LogP contribution in [0.1, 0.15) is 26.3 Å². The fraction of sp³-hybridized carbons (Fsp3) is 0.333. The largest absolute Gasteiger partial charge is 0.444 e. The number of nitrogens with zero attached hydrogens (tertiary/aromatic N) is 1. The standard InChI is InChI=1S/C15H16N2O2S/c1-15(2,3)19-14(18)16-10-4-5-12-6-8-13(9-7-12)17-11-20/h6-9H,10H2,1-3H3,(H,16,18). The molecule has 0 bridgehead atoms. The molecule has 104 valence electrons. The molecule has 1 rings (SSSR count). The van der Waals surface area contributed by atoms with Crippen LogP contribution in [0.3, 0.4) is 0 Å². The van der Waals surface area contributed by atoms with Crippen molar-refractivity contribution in [2.24, 2.45) is 4.99 Å². The van der Waals surface area contributed by atoms with Crippen molar-refractivity contribution < 1.29 is 9.53 Å². The summed E-state index contributed by atoms with van der Waals surface area (Å²) in [6.07, 6.45) is -0.475. The number of aliphatic imine (C=N–C) groups is 1. The van der Waals surface area contributed by atoms with E-state index in [2.05, 4.69) is 39.5 Å². The molecule has 0 aliphatic rings. The number of amides is 1. The van der Waals surface area contributed by atoms with Crippen LogP contribution in [0.15, 0.2) is 29.3 Å². The number of ether oxygens (including phenoxy) is 1. The lowest BCUT2D eigenvalue weighted by molar-refractivity contribution is 0.0535. The summed E-state index contributed by atoms with van der Waals surface area (Å²) in [6, 6.07) is 7.24. The highest BCUT2D eigenvalue weighted by Gasteiger charge is 2.14. The fourth-order valence-electron chi connectivity index (χ4n) is 1.25. The molecule has 0 heterocycles. The number of rotatable bonds is 2. The number of isothiocyanates is 1. The average Bonchev–Trinajstić information content (AvgIpc) is 2.35. The molecule has 0 unspecified atom stereocenters. The van der Waals surface area contributed by atoms with Crippen LogP contribution >= 0.6 is 12.2 Å². The Morgan fingerprint density at radius 3 is 2.55 bits per heavy atom. The van der Waals surface area contributed by atoms with E-state index < -0.39 is 11.7 Å². The zero-order valence-corrected chi connectivity index (χ0v) is 12.5. The Bertz CT molecular complexity index is 571. The predicted molar refractivity (Wildman–Crippen MR) is 82.2 cm³/mol. The van der Waals surface area contributed by atoms with E-state index in [1.807, 2.05) is 32.9 Å². The summed E-state index contributed by atoms with van der Waals surface area (Å²) in [4.78, 5) is 15.2. The summed E-state index contributed by atoms with van der Waals surface area (Å²) in [6.45, 7) is 5.66. The number of nitrogens with one attached hydrogen (secondary N) is 1. The smallest absolute Gasteiger partial charge is 0.408 e. The molecule has 4 nitrogen and oxygen atoms in total. The van der Waals surface area contributed by atoms with Crippen molar-refractivity contribution in [1.82, 2.24) is 5.32 Å². The van der Waals surface area contributed by atoms with Crippen molar-refractivity contribution in [3.8, 4) is 11.8 Å². The molecule has 5 heteroatoms. The fourth-order valence-corrected chi connectivity index (χ4v) is 1.35. The van der Waals surface area contributed by atoms with E-state index in [0.717, 1.165) is 11.3 Å². The number of carbonyl (C=O) groups is 1. The van der Waals surface area contributed by atoms with Crippen LogP contribution in [-0.4, -0.2) is 23.4 Å². The van der Waals surface area contributed by atoms with Gasteiger partial charge in [0.05, 0.1) is 17.4 Å². The third-order valence-corrected chi connectivity index (χ3v) is 2.09. The van der Waals surface area contributed by atoms with Gasteiger partial charge in [-0.1, -0.05) is 11.8 Å². The molecule has 0 fully saturated rings. The number of thiocarbonyl (C=S) groups is 1. The van der Waals surface area contributed by atoms with Gasteiger partial charge in [-0.25, -0.2) is 4.79 Å². The summed E-state index contributed by atoms with van der Waals surface area (Å²) in [5.41, 5.74) is 1.06. The molecule has 0 saturated heterocycles. The molecule has 0 saturated carbocycles. The van der Waals surface area contributed by atoms with Crippen molar-refractivity contribution in [2.45, 2.75) is 26.4 Å². The van der Waals surface area contributed by atoms with Gasteiger partial charge in [0.25, 0.3) is 0 Å². The van der Waals surface area contributed by atoms with Crippen LogP contribution in [-0.2, 0) is 4.74 Å². The van der Waals surface area contributed by atoms with Crippen molar-refractivity contribution in [2.75, 3.05) is 6.54 Å². The first-order valence-corrected chi connectivity index (χ1v) is 6.45. The highest BCUT2D eigenvalue weighted by molar-refractivity contribution is 7.78. The van der Waals surface area contributed by atoms with E-state index >= 15 is 0 Å². The molecule has 0 aromatic heterocycles. The maximum atomic E-state index is 11.4. The molecule has 1 amide bonds. The summed E-state index contributed by atoms with van der Waals surface area (Å²) in [5, 5.41) is 4.86. The van der Waals surface area contributed by atoms with Crippen molar-refractivity contribution in [3.05, 3.63) is 29.8 Å². The topological polar surface area (TPSA) is 50.7 Å². The molecule has 1 N–H and O–H groups in total. The first-order valence-electron chi connectivity index (χ1n) is 6.04. The lowest BCUT2D eigenvalue weighted by atomic mass is 10.2. The Kier molecular flexibility index (Phi) is 5.92. The van der Waals surface area contributed by atoms with Gasteiger partial charge in [-0.3, -0.25) is 0 Å². The van der Waals surface area contributed by atoms with Gasteiger partial charge in [0, 0.05) is 5.56 Å². The van der Waals surface area contributed by atoms with Crippen LogP contribution in [0.4, 0.5) is 10.5 Å². The first kappa shape index (κ1) is 15.9. The maximum absolute atomic E-state index is 11.4. The van der Waals surface area contributed by atoms with Gasteiger partial charge >= 0.3 is 6.09 Å². The van der Waals surface area contributed by atoms with Crippen LogP contribution in [0, 0.1) is 11.8 Å². The average molecular weight is 288 g/mol. The minimum atomic E-state index is -0.504. The Hall–Kier alpha value is -2.15. The highest BCUT2D eigenvalue weighted by atomic mass is 32.1. The van der Waals surface area contributed by atoms with Gasteiger partial charge in [-0.2, -0.15) is 4.99 Å². The molecular weight excluding hydrogens is 272 g/mol. The number of carbonyl (C=O) groups excluding carboxylic acids is 1. The lowest BCUT2D eigenvalue weighted by Crippen LogP contribution is -2.32. The van der Waals surface area contributed by atoms with Crippen LogP contribution in [0.5, 0.6) is 0 Å². The van der Waals surface area contributed by atoms with Crippen LogP contribution in [0.25, 0.3) is 0 Å². The van der Waals surface area contributed by atoms with E-state index in [0.29, 0.717) is 0 Å². The second-order valence-electron chi connectivity index (χ2n) is 4.91. The SMILES string of the molecule is CC(C)(C)OC(=O)NCC#Cc1ccc(N=C=S)cc1. The minimum Gasteiger partial charge on any atom is -0.444 e. The molecule has 1 aromatic rings. The second-order valence-corrected chi connectivity index (χ2v) is 5.09. The van der Waals surface area contributed by atoms with Gasteiger partial charge in [0.2, 0.25) is 0 Å². The summed E-state index contributed by atoms with van der Waals surface area (Å²) >= 11 is 4.52. The first-order chi connectivity index (χ1) is 9.40. The lowest BCUT2D eigenvalue weighted by Gasteiger charge is -2.18. The van der Waals surface area contributed by atoms with Gasteiger partial charge in [0.1, 0.15) is 5.60 Å². The summed E-state index contributed by atoms with van der Waals surface area (Å²) in [7, 11) is 0. The highest BCUT2D eigenvalue weighted by Crippen LogP contribution is 2.11. The third kappa shape index (κ3) is 6.69. The van der Waals surface area contributed by atoms with E-state index in [1.165, 1.54) is 0 Å². The van der Waals surface area contributed by atoms with E-state index in [1.54, 1.807) is 12.1 Å².